The summed E-state index contributed by atoms with van der Waals surface area (Å²) in [5.74, 6) is 0. The van der Waals surface area contributed by atoms with E-state index in [2.05, 4.69) is 187 Å². The molecule has 0 saturated carbocycles. The summed E-state index contributed by atoms with van der Waals surface area (Å²) in [7, 11) is 0. The maximum absolute atomic E-state index is 2.75. The highest BCUT2D eigenvalue weighted by Crippen LogP contribution is 2.52. The zero-order chi connectivity index (χ0) is 43.0. The predicted molar refractivity (Wildman–Crippen MR) is 282 cm³/mol. The smallest absolute Gasteiger partial charge is 0.252 e. The lowest BCUT2D eigenvalue weighted by Gasteiger charge is -2.43. The summed E-state index contributed by atoms with van der Waals surface area (Å²) in [6.45, 7) is 2.36. The average Bonchev–Trinajstić information content (AvgIpc) is 4.04. The van der Waals surface area contributed by atoms with Crippen LogP contribution in [0.5, 0.6) is 0 Å². The van der Waals surface area contributed by atoms with Gasteiger partial charge in [0, 0.05) is 96.3 Å². The van der Waals surface area contributed by atoms with E-state index >= 15 is 0 Å². The Morgan fingerprint density at radius 3 is 1.37 bits per heavy atom. The van der Waals surface area contributed by atoms with Crippen molar-refractivity contribution in [3.05, 3.63) is 175 Å². The highest BCUT2D eigenvalue weighted by molar-refractivity contribution is 7.01. The molecule has 0 radical (unpaired) electrons. The third-order valence-corrected chi connectivity index (χ3v) is 17.1. The Morgan fingerprint density at radius 2 is 0.791 bits per heavy atom. The zero-order valence-corrected chi connectivity index (χ0v) is 36.7. The van der Waals surface area contributed by atoms with Gasteiger partial charge in [0.15, 0.2) is 0 Å². The third-order valence-electron chi connectivity index (χ3n) is 17.1. The Bertz CT molecular complexity index is 4320. The first kappa shape index (κ1) is 34.5. The first-order chi connectivity index (χ1) is 33.3. The molecule has 5 nitrogen and oxygen atoms in total. The van der Waals surface area contributed by atoms with Crippen molar-refractivity contribution in [1.29, 1.82) is 0 Å². The van der Waals surface area contributed by atoms with Gasteiger partial charge in [-0.3, -0.25) is 0 Å². The van der Waals surface area contributed by atoms with Crippen LogP contribution in [0.4, 0.5) is 22.7 Å². The lowest BCUT2D eigenvalue weighted by Crippen LogP contribution is -2.61. The molecule has 0 spiro atoms. The molecule has 0 bridgehead atoms. The molecule has 3 aromatic heterocycles. The van der Waals surface area contributed by atoms with Gasteiger partial charge in [0.2, 0.25) is 0 Å². The van der Waals surface area contributed by atoms with E-state index in [4.69, 9.17) is 0 Å². The van der Waals surface area contributed by atoms with Crippen molar-refractivity contribution in [1.82, 2.24) is 13.7 Å². The van der Waals surface area contributed by atoms with E-state index in [1.807, 2.05) is 0 Å². The van der Waals surface area contributed by atoms with Gasteiger partial charge < -0.3 is 23.5 Å². The van der Waals surface area contributed by atoms with Gasteiger partial charge in [-0.25, -0.2) is 0 Å². The Morgan fingerprint density at radius 1 is 0.343 bits per heavy atom. The molecule has 0 aliphatic carbocycles. The first-order valence-electron chi connectivity index (χ1n) is 24.4. The molecule has 6 aliphatic heterocycles. The van der Waals surface area contributed by atoms with E-state index < -0.39 is 0 Å². The maximum Gasteiger partial charge on any atom is 0.252 e. The molecule has 0 N–H and O–H groups in total. The van der Waals surface area contributed by atoms with Gasteiger partial charge in [0.1, 0.15) is 0 Å². The zero-order valence-electron chi connectivity index (χ0n) is 36.7. The van der Waals surface area contributed by atoms with Gasteiger partial charge in [0.05, 0.1) is 22.1 Å². The van der Waals surface area contributed by atoms with Gasteiger partial charge in [0.25, 0.3) is 13.4 Å². The van der Waals surface area contributed by atoms with Gasteiger partial charge in [-0.15, -0.1) is 0 Å². The molecule has 0 amide bonds. The molecular weight excluding hydrogens is 812 g/mol. The van der Waals surface area contributed by atoms with Crippen molar-refractivity contribution in [2.45, 2.75) is 25.7 Å². The van der Waals surface area contributed by atoms with E-state index in [1.165, 1.54) is 149 Å². The molecule has 12 aromatic rings. The van der Waals surface area contributed by atoms with Gasteiger partial charge >= 0.3 is 0 Å². The van der Waals surface area contributed by atoms with Crippen molar-refractivity contribution in [3.8, 4) is 17.1 Å². The van der Waals surface area contributed by atoms with Gasteiger partial charge in [-0.2, -0.15) is 0 Å². The minimum Gasteiger partial charge on any atom is -0.342 e. The SMILES string of the molecule is c1ccc(-n2c3ccccc3c3c2c2c4cccc5c4n(c2c2c4cccc6c4n(c32)-c2cccc3c2B6c2cccc4c2N3CCC4)-c2cccc3c2B5c2cccc4c2N3CCC4)cc1. The number of aromatic nitrogens is 3. The molecule has 0 fully saturated rings. The van der Waals surface area contributed by atoms with E-state index in [0.29, 0.717) is 0 Å². The maximum atomic E-state index is 2.75. The summed E-state index contributed by atoms with van der Waals surface area (Å²) >= 11 is 0. The van der Waals surface area contributed by atoms with E-state index in [1.54, 1.807) is 0 Å². The van der Waals surface area contributed by atoms with Crippen LogP contribution in [-0.4, -0.2) is 40.2 Å². The number of anilines is 4. The Kier molecular flexibility index (Phi) is 6.03. The molecule has 9 heterocycles. The fourth-order valence-corrected chi connectivity index (χ4v) is 15.0. The number of benzene rings is 9. The van der Waals surface area contributed by atoms with Crippen molar-refractivity contribution in [2.75, 3.05) is 22.9 Å². The summed E-state index contributed by atoms with van der Waals surface area (Å²) in [6.07, 6.45) is 4.59. The third kappa shape index (κ3) is 3.81. The van der Waals surface area contributed by atoms with Gasteiger partial charge in [-0.1, -0.05) is 121 Å². The minimum atomic E-state index is 0.139. The Labute approximate surface area is 386 Å². The number of fused-ring (bicyclic) bond motifs is 20. The first-order valence-corrected chi connectivity index (χ1v) is 24.4. The molecule has 67 heavy (non-hydrogen) atoms. The molecule has 0 unspecified atom stereocenters. The van der Waals surface area contributed by atoms with Crippen LogP contribution in [0.1, 0.15) is 24.0 Å². The summed E-state index contributed by atoms with van der Waals surface area (Å²) in [5.41, 5.74) is 28.8. The highest BCUT2D eigenvalue weighted by Gasteiger charge is 2.46. The summed E-state index contributed by atoms with van der Waals surface area (Å²) < 4.78 is 8.08. The lowest BCUT2D eigenvalue weighted by atomic mass is 9.33. The topological polar surface area (TPSA) is 21.3 Å². The van der Waals surface area contributed by atoms with Crippen LogP contribution in [0.15, 0.2) is 164 Å². The quantitative estimate of drug-likeness (QED) is 0.154. The predicted octanol–water partition coefficient (Wildman–Crippen LogP) is 9.43. The number of hydrogen-bond acceptors (Lipinski definition) is 2. The lowest BCUT2D eigenvalue weighted by molar-refractivity contribution is 0.768. The normalized spacial score (nSPS) is 15.6. The van der Waals surface area contributed by atoms with Crippen LogP contribution in [0.2, 0.25) is 0 Å². The fourth-order valence-electron chi connectivity index (χ4n) is 15.0. The van der Waals surface area contributed by atoms with E-state index in [-0.39, 0.29) is 13.4 Å². The summed E-state index contributed by atoms with van der Waals surface area (Å²) in [4.78, 5) is 5.33. The van der Waals surface area contributed by atoms with Crippen LogP contribution < -0.4 is 42.6 Å². The van der Waals surface area contributed by atoms with Crippen LogP contribution in [0, 0.1) is 0 Å². The molecular formula is C60H39B2N5. The highest BCUT2D eigenvalue weighted by atomic mass is 15.2. The second kappa shape index (κ2) is 11.7. The van der Waals surface area contributed by atoms with Crippen molar-refractivity contribution < 1.29 is 0 Å². The van der Waals surface area contributed by atoms with E-state index in [0.717, 1.165) is 38.8 Å². The number of nitrogens with zero attached hydrogens (tertiary/aromatic N) is 5. The standard InChI is InChI=1S/C60H39B2N5/c1-2-18-36(19-3-1)65-44-27-5-4-20-37(44)49-58(65)50-38-21-8-25-42-56(38)67(48-31-11-29-46-53(48)61(42)40-23-6-14-34-17-13-33-64(46)54(34)40)60(50)51-39-22-9-26-43-57(39)66(59(49)51)47-30-10-28-45-52(47)62(43)41-24-7-15-35-16-12-32-63(45)55(35)41/h1-11,14-15,18-31H,12-13,16-17,32-33H2. The number of para-hydroxylation sites is 6. The van der Waals surface area contributed by atoms with Crippen LogP contribution in [0.25, 0.3) is 82.5 Å². The van der Waals surface area contributed by atoms with Crippen LogP contribution in [-0.2, 0) is 12.8 Å². The second-order valence-electron chi connectivity index (χ2n) is 20.0. The van der Waals surface area contributed by atoms with Crippen molar-refractivity contribution in [2.24, 2.45) is 0 Å². The fraction of sp³-hybridized carbons (Fsp3) is 0.100. The number of aryl methyl sites for hydroxylation is 2. The summed E-state index contributed by atoms with van der Waals surface area (Å²) in [5, 5.41) is 7.93. The largest absolute Gasteiger partial charge is 0.342 e. The van der Waals surface area contributed by atoms with Crippen LogP contribution >= 0.6 is 0 Å². The van der Waals surface area contributed by atoms with Gasteiger partial charge in [-0.05, 0) is 112 Å². The average molecular weight is 852 g/mol. The Balaban J connectivity index is 1.12. The van der Waals surface area contributed by atoms with E-state index in [9.17, 15) is 0 Å². The second-order valence-corrected chi connectivity index (χ2v) is 20.0. The molecule has 6 aliphatic rings. The monoisotopic (exact) mass is 851 g/mol. The molecule has 0 saturated heterocycles. The molecule has 7 heteroatoms. The minimum absolute atomic E-state index is 0.139. The van der Waals surface area contributed by atoms with Crippen LogP contribution in [0.3, 0.4) is 0 Å². The molecule has 9 aromatic carbocycles. The van der Waals surface area contributed by atoms with Crippen molar-refractivity contribution in [3.63, 3.8) is 0 Å². The molecule has 310 valence electrons. The summed E-state index contributed by atoms with van der Waals surface area (Å²) in [6, 6.07) is 63.6. The number of hydrogen-bond donors (Lipinski definition) is 0. The molecule has 18 rings (SSSR count). The molecule has 0 atom stereocenters. The van der Waals surface area contributed by atoms with Crippen molar-refractivity contribution >= 4 is 134 Å². The Hall–Kier alpha value is -7.89. The number of rotatable bonds is 1.